The first-order valence-electron chi connectivity index (χ1n) is 8.75. The van der Waals surface area contributed by atoms with Gasteiger partial charge in [0.05, 0.1) is 0 Å². The van der Waals surface area contributed by atoms with Crippen molar-refractivity contribution >= 4 is 5.91 Å². The molecule has 20 heavy (non-hydrogen) atoms. The first-order valence-corrected chi connectivity index (χ1v) is 8.75. The second-order valence-electron chi connectivity index (χ2n) is 6.67. The molecular formula is C17H32N2O. The van der Waals surface area contributed by atoms with E-state index in [-0.39, 0.29) is 0 Å². The molecule has 1 saturated carbocycles. The smallest absolute Gasteiger partial charge is 0.222 e. The van der Waals surface area contributed by atoms with Crippen LogP contribution < -0.4 is 5.32 Å². The lowest BCUT2D eigenvalue weighted by molar-refractivity contribution is -0.134. The maximum atomic E-state index is 12.5. The molecule has 3 nitrogen and oxygen atoms in total. The highest BCUT2D eigenvalue weighted by molar-refractivity contribution is 5.76. The Morgan fingerprint density at radius 3 is 2.55 bits per heavy atom. The number of nitrogens with zero attached hydrogens (tertiary/aromatic N) is 1. The van der Waals surface area contributed by atoms with E-state index in [1.807, 2.05) is 0 Å². The molecule has 1 N–H and O–H groups in total. The van der Waals surface area contributed by atoms with Crippen LogP contribution >= 0.6 is 0 Å². The summed E-state index contributed by atoms with van der Waals surface area (Å²) >= 11 is 0. The fraction of sp³-hybridized carbons (Fsp3) is 0.941. The molecular weight excluding hydrogens is 248 g/mol. The van der Waals surface area contributed by atoms with E-state index in [2.05, 4.69) is 24.1 Å². The number of carbonyl (C=O) groups excluding carboxylic acids is 1. The van der Waals surface area contributed by atoms with E-state index in [1.165, 1.54) is 38.5 Å². The Morgan fingerprint density at radius 1 is 1.15 bits per heavy atom. The zero-order chi connectivity index (χ0) is 14.4. The highest BCUT2D eigenvalue weighted by Gasteiger charge is 2.30. The SMILES string of the molecule is CCNC1CCN(C(=O)CC2CCCCC2)CC1CC. The molecule has 0 aromatic carbocycles. The van der Waals surface area contributed by atoms with Crippen LogP contribution in [0.2, 0.25) is 0 Å². The maximum absolute atomic E-state index is 12.5. The van der Waals surface area contributed by atoms with Crippen LogP contribution in [-0.2, 0) is 4.79 Å². The summed E-state index contributed by atoms with van der Waals surface area (Å²) in [5.41, 5.74) is 0. The Bertz CT molecular complexity index is 299. The van der Waals surface area contributed by atoms with Gasteiger partial charge in [0.1, 0.15) is 0 Å². The predicted molar refractivity (Wildman–Crippen MR) is 83.6 cm³/mol. The summed E-state index contributed by atoms with van der Waals surface area (Å²) in [6.45, 7) is 7.40. The van der Waals surface area contributed by atoms with E-state index >= 15 is 0 Å². The zero-order valence-corrected chi connectivity index (χ0v) is 13.4. The zero-order valence-electron chi connectivity index (χ0n) is 13.4. The van der Waals surface area contributed by atoms with E-state index in [4.69, 9.17) is 0 Å². The number of carbonyl (C=O) groups is 1. The normalized spacial score (nSPS) is 28.6. The monoisotopic (exact) mass is 280 g/mol. The summed E-state index contributed by atoms with van der Waals surface area (Å²) in [5, 5.41) is 3.59. The molecule has 0 aromatic rings. The fourth-order valence-electron chi connectivity index (χ4n) is 3.97. The molecule has 1 aliphatic heterocycles. The van der Waals surface area contributed by atoms with Crippen LogP contribution in [0.3, 0.4) is 0 Å². The molecule has 2 rings (SSSR count). The van der Waals surface area contributed by atoms with Gasteiger partial charge in [0.15, 0.2) is 0 Å². The lowest BCUT2D eigenvalue weighted by atomic mass is 9.85. The number of piperidine rings is 1. The van der Waals surface area contributed by atoms with Gasteiger partial charge in [-0.3, -0.25) is 4.79 Å². The molecule has 3 heteroatoms. The molecule has 2 aliphatic rings. The van der Waals surface area contributed by atoms with Crippen LogP contribution in [0.1, 0.15) is 65.2 Å². The van der Waals surface area contributed by atoms with Crippen molar-refractivity contribution in [3.63, 3.8) is 0 Å². The van der Waals surface area contributed by atoms with Gasteiger partial charge in [0.2, 0.25) is 5.91 Å². The van der Waals surface area contributed by atoms with E-state index < -0.39 is 0 Å². The largest absolute Gasteiger partial charge is 0.342 e. The Balaban J connectivity index is 1.81. The minimum atomic E-state index is 0.422. The van der Waals surface area contributed by atoms with Crippen LogP contribution in [0.25, 0.3) is 0 Å². The quantitative estimate of drug-likeness (QED) is 0.839. The third-order valence-corrected chi connectivity index (χ3v) is 5.27. The molecule has 1 saturated heterocycles. The third-order valence-electron chi connectivity index (χ3n) is 5.27. The van der Waals surface area contributed by atoms with Crippen molar-refractivity contribution in [2.24, 2.45) is 11.8 Å². The van der Waals surface area contributed by atoms with Crippen LogP contribution in [0.15, 0.2) is 0 Å². The molecule has 0 bridgehead atoms. The fourth-order valence-corrected chi connectivity index (χ4v) is 3.97. The molecule has 0 spiro atoms. The van der Waals surface area contributed by atoms with E-state index in [1.54, 1.807) is 0 Å². The Morgan fingerprint density at radius 2 is 1.90 bits per heavy atom. The van der Waals surface area contributed by atoms with Crippen molar-refractivity contribution in [2.45, 2.75) is 71.3 Å². The van der Waals surface area contributed by atoms with Crippen LogP contribution in [-0.4, -0.2) is 36.5 Å². The topological polar surface area (TPSA) is 32.3 Å². The van der Waals surface area contributed by atoms with E-state index in [9.17, 15) is 4.79 Å². The molecule has 0 radical (unpaired) electrons. The highest BCUT2D eigenvalue weighted by Crippen LogP contribution is 2.28. The third kappa shape index (κ3) is 4.21. The number of likely N-dealkylation sites (tertiary alicyclic amines) is 1. The summed E-state index contributed by atoms with van der Waals surface area (Å²) in [5.74, 6) is 1.73. The summed E-state index contributed by atoms with van der Waals surface area (Å²) in [6.07, 6.45) is 9.69. The van der Waals surface area contributed by atoms with Gasteiger partial charge in [0, 0.05) is 25.6 Å². The summed E-state index contributed by atoms with van der Waals surface area (Å²) in [4.78, 5) is 14.6. The molecule has 2 unspecified atom stereocenters. The Kier molecular flexibility index (Phi) is 6.34. The average molecular weight is 280 g/mol. The van der Waals surface area contributed by atoms with Crippen molar-refractivity contribution in [1.82, 2.24) is 10.2 Å². The van der Waals surface area contributed by atoms with Gasteiger partial charge in [-0.1, -0.05) is 39.5 Å². The van der Waals surface area contributed by atoms with Gasteiger partial charge >= 0.3 is 0 Å². The second-order valence-corrected chi connectivity index (χ2v) is 6.67. The highest BCUT2D eigenvalue weighted by atomic mass is 16.2. The molecule has 116 valence electrons. The summed E-state index contributed by atoms with van der Waals surface area (Å²) < 4.78 is 0. The van der Waals surface area contributed by atoms with Gasteiger partial charge in [-0.25, -0.2) is 0 Å². The van der Waals surface area contributed by atoms with Crippen molar-refractivity contribution < 1.29 is 4.79 Å². The number of hydrogen-bond acceptors (Lipinski definition) is 2. The molecule has 0 aromatic heterocycles. The average Bonchev–Trinajstić information content (AvgIpc) is 2.49. The molecule has 2 fully saturated rings. The van der Waals surface area contributed by atoms with E-state index in [0.717, 1.165) is 32.5 Å². The van der Waals surface area contributed by atoms with Crippen molar-refractivity contribution in [3.05, 3.63) is 0 Å². The minimum absolute atomic E-state index is 0.422. The Labute approximate surface area is 124 Å². The summed E-state index contributed by atoms with van der Waals surface area (Å²) in [6, 6.07) is 0.615. The van der Waals surface area contributed by atoms with Crippen LogP contribution in [0, 0.1) is 11.8 Å². The standard InChI is InChI=1S/C17H32N2O/c1-3-15-13-19(11-10-16(15)18-4-2)17(20)12-14-8-6-5-7-9-14/h14-16,18H,3-13H2,1-2H3. The maximum Gasteiger partial charge on any atom is 0.222 e. The van der Waals surface area contributed by atoms with E-state index in [0.29, 0.717) is 23.8 Å². The van der Waals surface area contributed by atoms with Crippen molar-refractivity contribution in [1.29, 1.82) is 0 Å². The predicted octanol–water partition coefficient (Wildman–Crippen LogP) is 3.19. The van der Waals surface area contributed by atoms with Gasteiger partial charge in [-0.2, -0.15) is 0 Å². The van der Waals surface area contributed by atoms with Crippen LogP contribution in [0.4, 0.5) is 0 Å². The number of amides is 1. The lowest BCUT2D eigenvalue weighted by Gasteiger charge is -2.39. The number of rotatable bonds is 5. The number of hydrogen-bond donors (Lipinski definition) is 1. The Hall–Kier alpha value is -0.570. The van der Waals surface area contributed by atoms with Gasteiger partial charge in [-0.15, -0.1) is 0 Å². The first-order chi connectivity index (χ1) is 9.74. The molecule has 1 heterocycles. The van der Waals surface area contributed by atoms with Crippen LogP contribution in [0.5, 0.6) is 0 Å². The molecule has 2 atom stereocenters. The summed E-state index contributed by atoms with van der Waals surface area (Å²) in [7, 11) is 0. The molecule has 1 aliphatic carbocycles. The van der Waals surface area contributed by atoms with Crippen molar-refractivity contribution in [2.75, 3.05) is 19.6 Å². The molecule has 1 amide bonds. The van der Waals surface area contributed by atoms with Gasteiger partial charge in [0.25, 0.3) is 0 Å². The van der Waals surface area contributed by atoms with Crippen molar-refractivity contribution in [3.8, 4) is 0 Å². The minimum Gasteiger partial charge on any atom is -0.342 e. The van der Waals surface area contributed by atoms with Gasteiger partial charge in [-0.05, 0) is 37.6 Å². The number of nitrogens with one attached hydrogen (secondary N) is 1. The first kappa shape index (κ1) is 15.8. The lowest BCUT2D eigenvalue weighted by Crippen LogP contribution is -2.51. The van der Waals surface area contributed by atoms with Gasteiger partial charge < -0.3 is 10.2 Å². The second kappa shape index (κ2) is 8.02.